The van der Waals surface area contributed by atoms with E-state index >= 15 is 0 Å². The summed E-state index contributed by atoms with van der Waals surface area (Å²) in [5.74, 6) is 0. The van der Waals surface area contributed by atoms with Crippen molar-refractivity contribution in [3.63, 3.8) is 0 Å². The molecule has 0 saturated carbocycles. The average Bonchev–Trinajstić information content (AvgIpc) is 2.03. The van der Waals surface area contributed by atoms with Gasteiger partial charge < -0.3 is 5.11 Å². The number of aryl methyl sites for hydroxylation is 1. The second kappa shape index (κ2) is 3.51. The van der Waals surface area contributed by atoms with Crippen LogP contribution in [0.25, 0.3) is 0 Å². The van der Waals surface area contributed by atoms with Gasteiger partial charge in [-0.3, -0.25) is 0 Å². The molecule has 0 bridgehead atoms. The molecule has 0 aliphatic rings. The van der Waals surface area contributed by atoms with E-state index < -0.39 is 0 Å². The van der Waals surface area contributed by atoms with Crippen LogP contribution in [0.2, 0.25) is 0 Å². The summed E-state index contributed by atoms with van der Waals surface area (Å²) in [5.41, 5.74) is 2.14. The Balaban J connectivity index is 2.90. The zero-order chi connectivity index (χ0) is 10.1. The fourth-order valence-corrected chi connectivity index (χ4v) is 1.25. The molecule has 13 heavy (non-hydrogen) atoms. The van der Waals surface area contributed by atoms with Gasteiger partial charge in [0.1, 0.15) is 0 Å². The number of rotatable bonds is 1. The molecule has 1 N–H and O–H groups in total. The van der Waals surface area contributed by atoms with E-state index in [9.17, 15) is 5.11 Å². The van der Waals surface area contributed by atoms with Crippen molar-refractivity contribution in [3.8, 4) is 0 Å². The Labute approximate surface area is 80.4 Å². The van der Waals surface area contributed by atoms with Crippen LogP contribution in [0, 0.1) is 12.3 Å². The molecule has 0 aliphatic heterocycles. The van der Waals surface area contributed by atoms with Crippen molar-refractivity contribution in [2.75, 3.05) is 0 Å². The molecule has 1 aromatic carbocycles. The summed E-state index contributed by atoms with van der Waals surface area (Å²) in [4.78, 5) is 0. The summed E-state index contributed by atoms with van der Waals surface area (Å²) < 4.78 is 0. The molecule has 0 radical (unpaired) electrons. The van der Waals surface area contributed by atoms with E-state index in [2.05, 4.69) is 0 Å². The number of aliphatic hydroxyl groups is 1. The van der Waals surface area contributed by atoms with Gasteiger partial charge in [0.25, 0.3) is 0 Å². The van der Waals surface area contributed by atoms with Crippen molar-refractivity contribution in [3.05, 3.63) is 35.4 Å². The van der Waals surface area contributed by atoms with Gasteiger partial charge in [-0.05, 0) is 17.9 Å². The first kappa shape index (κ1) is 10.3. The van der Waals surface area contributed by atoms with E-state index in [1.54, 1.807) is 0 Å². The van der Waals surface area contributed by atoms with Gasteiger partial charge in [-0.2, -0.15) is 0 Å². The molecule has 0 aliphatic carbocycles. The first-order valence-electron chi connectivity index (χ1n) is 4.66. The largest absolute Gasteiger partial charge is 0.388 e. The molecule has 1 heteroatoms. The number of benzene rings is 1. The third-order valence-electron chi connectivity index (χ3n) is 2.21. The first-order valence-corrected chi connectivity index (χ1v) is 4.66. The van der Waals surface area contributed by atoms with Crippen LogP contribution in [0.1, 0.15) is 38.0 Å². The lowest BCUT2D eigenvalue weighted by molar-refractivity contribution is 0.0627. The summed E-state index contributed by atoms with van der Waals surface area (Å²) in [6.45, 7) is 8.17. The Morgan fingerprint density at radius 2 is 1.54 bits per heavy atom. The molecule has 1 aromatic rings. The number of hydrogen-bond acceptors (Lipinski definition) is 1. The molecule has 0 fully saturated rings. The molecule has 0 heterocycles. The minimum atomic E-state index is -0.381. The zero-order valence-corrected chi connectivity index (χ0v) is 8.83. The molecular formula is C12H18O. The van der Waals surface area contributed by atoms with Crippen molar-refractivity contribution < 1.29 is 5.11 Å². The van der Waals surface area contributed by atoms with Crippen molar-refractivity contribution in [1.82, 2.24) is 0 Å². The van der Waals surface area contributed by atoms with Crippen LogP contribution < -0.4 is 0 Å². The van der Waals surface area contributed by atoms with E-state index in [0.717, 1.165) is 5.56 Å². The van der Waals surface area contributed by atoms with Crippen molar-refractivity contribution in [2.24, 2.45) is 5.41 Å². The summed E-state index contributed by atoms with van der Waals surface area (Å²) >= 11 is 0. The summed E-state index contributed by atoms with van der Waals surface area (Å²) in [7, 11) is 0. The predicted octanol–water partition coefficient (Wildman–Crippen LogP) is 3.07. The molecular weight excluding hydrogens is 160 g/mol. The number of hydrogen-bond donors (Lipinski definition) is 1. The maximum Gasteiger partial charge on any atom is 0.0838 e. The van der Waals surface area contributed by atoms with Crippen molar-refractivity contribution in [2.45, 2.75) is 33.8 Å². The topological polar surface area (TPSA) is 20.2 Å². The van der Waals surface area contributed by atoms with Gasteiger partial charge in [0, 0.05) is 0 Å². The van der Waals surface area contributed by atoms with Crippen LogP contribution in [-0.2, 0) is 0 Å². The smallest absolute Gasteiger partial charge is 0.0838 e. The molecule has 0 unspecified atom stereocenters. The van der Waals surface area contributed by atoms with E-state index in [-0.39, 0.29) is 11.5 Å². The zero-order valence-electron chi connectivity index (χ0n) is 8.83. The highest BCUT2D eigenvalue weighted by Gasteiger charge is 2.23. The van der Waals surface area contributed by atoms with Crippen LogP contribution in [0.4, 0.5) is 0 Å². The molecule has 0 spiro atoms. The summed E-state index contributed by atoms with van der Waals surface area (Å²) in [6.07, 6.45) is -0.381. The Morgan fingerprint density at radius 1 is 1.08 bits per heavy atom. The highest BCUT2D eigenvalue weighted by molar-refractivity contribution is 5.24. The van der Waals surface area contributed by atoms with Crippen molar-refractivity contribution >= 4 is 0 Å². The Kier molecular flexibility index (Phi) is 2.77. The monoisotopic (exact) mass is 178 g/mol. The molecule has 72 valence electrons. The third-order valence-corrected chi connectivity index (χ3v) is 2.21. The van der Waals surface area contributed by atoms with Gasteiger partial charge in [-0.1, -0.05) is 50.6 Å². The molecule has 1 rings (SSSR count). The van der Waals surface area contributed by atoms with Crippen LogP contribution in [0.5, 0.6) is 0 Å². The average molecular weight is 178 g/mol. The molecule has 0 aromatic heterocycles. The van der Waals surface area contributed by atoms with Crippen LogP contribution in [0.3, 0.4) is 0 Å². The van der Waals surface area contributed by atoms with Crippen molar-refractivity contribution in [1.29, 1.82) is 0 Å². The molecule has 1 atom stereocenters. The minimum absolute atomic E-state index is 0.0880. The van der Waals surface area contributed by atoms with E-state index in [0.29, 0.717) is 0 Å². The molecule has 0 saturated heterocycles. The lowest BCUT2D eigenvalue weighted by atomic mass is 9.85. The van der Waals surface area contributed by atoms with E-state index in [4.69, 9.17) is 0 Å². The molecule has 0 amide bonds. The summed E-state index contributed by atoms with van der Waals surface area (Å²) in [6, 6.07) is 8.05. The van der Waals surface area contributed by atoms with Gasteiger partial charge in [-0.25, -0.2) is 0 Å². The maximum atomic E-state index is 9.95. The van der Waals surface area contributed by atoms with Crippen LogP contribution in [0.15, 0.2) is 24.3 Å². The molecule has 1 nitrogen and oxygen atoms in total. The minimum Gasteiger partial charge on any atom is -0.388 e. The highest BCUT2D eigenvalue weighted by Crippen LogP contribution is 2.32. The third kappa shape index (κ3) is 2.56. The standard InChI is InChI=1S/C12H18O/c1-9-5-7-10(8-6-9)11(13)12(2,3)4/h5-8,11,13H,1-4H3/t11-/m0/s1. The highest BCUT2D eigenvalue weighted by atomic mass is 16.3. The van der Waals surface area contributed by atoms with E-state index in [1.165, 1.54) is 5.56 Å². The number of aliphatic hydroxyl groups excluding tert-OH is 1. The Bertz CT molecular complexity index is 266. The Morgan fingerprint density at radius 3 is 1.92 bits per heavy atom. The maximum absolute atomic E-state index is 9.95. The van der Waals surface area contributed by atoms with Crippen LogP contribution in [-0.4, -0.2) is 5.11 Å². The normalized spacial score (nSPS) is 14.2. The van der Waals surface area contributed by atoms with E-state index in [1.807, 2.05) is 52.0 Å². The quantitative estimate of drug-likeness (QED) is 0.700. The van der Waals surface area contributed by atoms with Gasteiger partial charge in [0.05, 0.1) is 6.10 Å². The summed E-state index contributed by atoms with van der Waals surface area (Å²) in [5, 5.41) is 9.95. The SMILES string of the molecule is Cc1ccc([C@H](O)C(C)(C)C)cc1. The van der Waals surface area contributed by atoms with Gasteiger partial charge >= 0.3 is 0 Å². The second-order valence-electron chi connectivity index (χ2n) is 4.68. The first-order chi connectivity index (χ1) is 5.91. The lowest BCUT2D eigenvalue weighted by Crippen LogP contribution is -2.17. The fraction of sp³-hybridized carbons (Fsp3) is 0.500. The van der Waals surface area contributed by atoms with Gasteiger partial charge in [0.2, 0.25) is 0 Å². The van der Waals surface area contributed by atoms with Gasteiger partial charge in [0.15, 0.2) is 0 Å². The predicted molar refractivity (Wildman–Crippen MR) is 55.6 cm³/mol. The lowest BCUT2D eigenvalue weighted by Gasteiger charge is -2.26. The van der Waals surface area contributed by atoms with Crippen LogP contribution >= 0.6 is 0 Å². The van der Waals surface area contributed by atoms with Gasteiger partial charge in [-0.15, -0.1) is 0 Å². The second-order valence-corrected chi connectivity index (χ2v) is 4.68. The fourth-order valence-electron chi connectivity index (χ4n) is 1.25. The Hall–Kier alpha value is -0.820.